The lowest BCUT2D eigenvalue weighted by Crippen LogP contribution is -2.35. The highest BCUT2D eigenvalue weighted by Crippen LogP contribution is 2.32. The van der Waals surface area contributed by atoms with Crippen LogP contribution >= 0.6 is 23.2 Å². The molecule has 6 heteroatoms. The van der Waals surface area contributed by atoms with Gasteiger partial charge in [0.15, 0.2) is 0 Å². The van der Waals surface area contributed by atoms with E-state index < -0.39 is 0 Å². The molecule has 0 aromatic heterocycles. The highest BCUT2D eigenvalue weighted by molar-refractivity contribution is 6.42. The van der Waals surface area contributed by atoms with Crippen molar-refractivity contribution in [3.63, 3.8) is 0 Å². The van der Waals surface area contributed by atoms with E-state index in [-0.39, 0.29) is 11.8 Å². The van der Waals surface area contributed by atoms with E-state index >= 15 is 0 Å². The second-order valence-corrected chi connectivity index (χ2v) is 7.97. The Bertz CT molecular complexity index is 721. The van der Waals surface area contributed by atoms with Crippen molar-refractivity contribution < 1.29 is 9.59 Å². The zero-order valence-corrected chi connectivity index (χ0v) is 16.5. The number of amides is 2. The van der Waals surface area contributed by atoms with Gasteiger partial charge < -0.3 is 9.80 Å². The molecule has 4 nitrogen and oxygen atoms in total. The summed E-state index contributed by atoms with van der Waals surface area (Å²) in [7, 11) is 0. The van der Waals surface area contributed by atoms with Crippen LogP contribution in [-0.2, 0) is 22.4 Å². The number of benzene rings is 1. The van der Waals surface area contributed by atoms with E-state index in [1.54, 1.807) is 0 Å². The Kier molecular flexibility index (Phi) is 5.93. The molecule has 0 saturated carbocycles. The first kappa shape index (κ1) is 19.2. The second-order valence-electron chi connectivity index (χ2n) is 7.15. The van der Waals surface area contributed by atoms with Crippen molar-refractivity contribution in [1.82, 2.24) is 9.80 Å². The Hall–Kier alpha value is -1.52. The Balaban J connectivity index is 1.56. The van der Waals surface area contributed by atoms with Crippen LogP contribution in [0.15, 0.2) is 24.8 Å². The topological polar surface area (TPSA) is 40.6 Å². The summed E-state index contributed by atoms with van der Waals surface area (Å²) in [6.45, 7) is 8.56. The molecule has 0 bridgehead atoms. The van der Waals surface area contributed by atoms with Gasteiger partial charge in [-0.2, -0.15) is 0 Å². The predicted molar refractivity (Wildman–Crippen MR) is 104 cm³/mol. The second kappa shape index (κ2) is 8.01. The molecule has 1 aromatic carbocycles. The summed E-state index contributed by atoms with van der Waals surface area (Å²) in [5.74, 6) is 0.941. The van der Waals surface area contributed by atoms with Crippen LogP contribution in [0.1, 0.15) is 24.5 Å². The zero-order valence-electron chi connectivity index (χ0n) is 15.0. The van der Waals surface area contributed by atoms with Gasteiger partial charge in [0.1, 0.15) is 0 Å². The number of fused-ring (bicyclic) bond motifs is 1. The average Bonchev–Trinajstić information content (AvgIpc) is 3.20. The SMILES string of the molecule is C=CC(=O)N1CC2CN(C(=O)CCc3cc(Cl)c(Cl)cc3CC)CC2C1. The standard InChI is InChI=1S/C20H24Cl2N2O2/c1-3-13-7-17(21)18(22)8-14(13)5-6-20(26)24-11-15-9-23(19(25)4-2)10-16(15)12-24/h4,7-8,15-16H,2-3,5-6,9-12H2,1H3. The summed E-state index contributed by atoms with van der Waals surface area (Å²) >= 11 is 12.2. The first-order valence-corrected chi connectivity index (χ1v) is 9.84. The van der Waals surface area contributed by atoms with Gasteiger partial charge in [-0.1, -0.05) is 36.7 Å². The number of aryl methyl sites for hydroxylation is 2. The van der Waals surface area contributed by atoms with E-state index in [2.05, 4.69) is 13.5 Å². The minimum Gasteiger partial charge on any atom is -0.342 e. The normalized spacial score (nSPS) is 21.8. The molecule has 2 aliphatic heterocycles. The molecule has 2 fully saturated rings. The quantitative estimate of drug-likeness (QED) is 0.715. The van der Waals surface area contributed by atoms with Gasteiger partial charge in [0.2, 0.25) is 11.8 Å². The van der Waals surface area contributed by atoms with Crippen molar-refractivity contribution in [3.8, 4) is 0 Å². The molecule has 0 aliphatic carbocycles. The molecule has 2 atom stereocenters. The van der Waals surface area contributed by atoms with Crippen LogP contribution in [0.3, 0.4) is 0 Å². The van der Waals surface area contributed by atoms with Gasteiger partial charge in [0, 0.05) is 44.4 Å². The smallest absolute Gasteiger partial charge is 0.245 e. The van der Waals surface area contributed by atoms with Crippen molar-refractivity contribution in [2.75, 3.05) is 26.2 Å². The molecule has 2 unspecified atom stereocenters. The fourth-order valence-electron chi connectivity index (χ4n) is 4.10. The van der Waals surface area contributed by atoms with Crippen LogP contribution in [0.25, 0.3) is 0 Å². The molecule has 2 amide bonds. The van der Waals surface area contributed by atoms with Gasteiger partial charge in [-0.15, -0.1) is 0 Å². The molecule has 26 heavy (non-hydrogen) atoms. The number of likely N-dealkylation sites (tertiary alicyclic amines) is 2. The van der Waals surface area contributed by atoms with E-state index in [1.165, 1.54) is 6.08 Å². The minimum atomic E-state index is -0.0102. The van der Waals surface area contributed by atoms with Gasteiger partial charge >= 0.3 is 0 Å². The van der Waals surface area contributed by atoms with Gasteiger partial charge in [-0.3, -0.25) is 9.59 Å². The Labute approximate surface area is 164 Å². The minimum absolute atomic E-state index is 0.0102. The van der Waals surface area contributed by atoms with Crippen LogP contribution in [0.4, 0.5) is 0 Å². The van der Waals surface area contributed by atoms with Crippen molar-refractivity contribution >= 4 is 35.0 Å². The number of carbonyl (C=O) groups excluding carboxylic acids is 2. The number of halogens is 2. The lowest BCUT2D eigenvalue weighted by atomic mass is 10.0. The molecule has 2 aliphatic rings. The first-order valence-electron chi connectivity index (χ1n) is 9.08. The van der Waals surface area contributed by atoms with Crippen LogP contribution < -0.4 is 0 Å². The molecule has 3 rings (SSSR count). The van der Waals surface area contributed by atoms with Crippen molar-refractivity contribution in [2.45, 2.75) is 26.2 Å². The maximum absolute atomic E-state index is 12.6. The number of nitrogens with zero attached hydrogens (tertiary/aromatic N) is 2. The fourth-order valence-corrected chi connectivity index (χ4v) is 4.47. The van der Waals surface area contributed by atoms with E-state index in [1.807, 2.05) is 21.9 Å². The molecule has 0 radical (unpaired) electrons. The largest absolute Gasteiger partial charge is 0.342 e. The molecule has 2 heterocycles. The van der Waals surface area contributed by atoms with Crippen LogP contribution in [0.2, 0.25) is 10.0 Å². The Morgan fingerprint density at radius 3 is 2.15 bits per heavy atom. The highest BCUT2D eigenvalue weighted by atomic mass is 35.5. The molecule has 140 valence electrons. The lowest BCUT2D eigenvalue weighted by Gasteiger charge is -2.21. The third kappa shape index (κ3) is 3.91. The van der Waals surface area contributed by atoms with E-state index in [0.717, 1.165) is 43.7 Å². The molecule has 0 N–H and O–H groups in total. The molecule has 2 saturated heterocycles. The summed E-state index contributed by atoms with van der Waals surface area (Å²) in [6, 6.07) is 3.78. The zero-order chi connectivity index (χ0) is 18.8. The predicted octanol–water partition coefficient (Wildman–Crippen LogP) is 3.59. The van der Waals surface area contributed by atoms with E-state index in [0.29, 0.717) is 34.7 Å². The third-order valence-corrected chi connectivity index (χ3v) is 6.28. The molecule has 0 spiro atoms. The summed E-state index contributed by atoms with van der Waals surface area (Å²) in [5.41, 5.74) is 2.24. The lowest BCUT2D eigenvalue weighted by molar-refractivity contribution is -0.130. The summed E-state index contributed by atoms with van der Waals surface area (Å²) < 4.78 is 0. The first-order chi connectivity index (χ1) is 12.4. The third-order valence-electron chi connectivity index (χ3n) is 5.56. The maximum Gasteiger partial charge on any atom is 0.245 e. The number of rotatable bonds is 5. The number of hydrogen-bond acceptors (Lipinski definition) is 2. The Morgan fingerprint density at radius 2 is 1.62 bits per heavy atom. The van der Waals surface area contributed by atoms with Gasteiger partial charge in [-0.05, 0) is 42.2 Å². The van der Waals surface area contributed by atoms with Crippen LogP contribution in [-0.4, -0.2) is 47.8 Å². The van der Waals surface area contributed by atoms with Crippen molar-refractivity contribution in [2.24, 2.45) is 11.8 Å². The summed E-state index contributed by atoms with van der Waals surface area (Å²) in [6.07, 6.45) is 3.37. The average molecular weight is 395 g/mol. The van der Waals surface area contributed by atoms with Crippen molar-refractivity contribution in [3.05, 3.63) is 46.0 Å². The van der Waals surface area contributed by atoms with Gasteiger partial charge in [0.05, 0.1) is 10.0 Å². The number of carbonyl (C=O) groups is 2. The van der Waals surface area contributed by atoms with Crippen LogP contribution in [0.5, 0.6) is 0 Å². The Morgan fingerprint density at radius 1 is 1.08 bits per heavy atom. The van der Waals surface area contributed by atoms with E-state index in [9.17, 15) is 9.59 Å². The molecule has 1 aromatic rings. The maximum atomic E-state index is 12.6. The monoisotopic (exact) mass is 394 g/mol. The summed E-state index contributed by atoms with van der Waals surface area (Å²) in [5, 5.41) is 1.10. The van der Waals surface area contributed by atoms with Crippen LogP contribution in [0, 0.1) is 11.8 Å². The van der Waals surface area contributed by atoms with Crippen molar-refractivity contribution in [1.29, 1.82) is 0 Å². The van der Waals surface area contributed by atoms with Gasteiger partial charge in [-0.25, -0.2) is 0 Å². The fraction of sp³-hybridized carbons (Fsp3) is 0.500. The van der Waals surface area contributed by atoms with Gasteiger partial charge in [0.25, 0.3) is 0 Å². The van der Waals surface area contributed by atoms with E-state index in [4.69, 9.17) is 23.2 Å². The number of hydrogen-bond donors (Lipinski definition) is 0. The molecular formula is C20H24Cl2N2O2. The summed E-state index contributed by atoms with van der Waals surface area (Å²) in [4.78, 5) is 28.2. The highest BCUT2D eigenvalue weighted by Gasteiger charge is 2.42. The molecular weight excluding hydrogens is 371 g/mol.